The number of carbonyl (C=O) groups is 2. The molecule has 2 aliphatic carbocycles. The summed E-state index contributed by atoms with van der Waals surface area (Å²) in [6.07, 6.45) is 3.94. The molecule has 0 saturated heterocycles. The molecule has 3 atom stereocenters. The fourth-order valence-corrected chi connectivity index (χ4v) is 3.97. The molecule has 1 aromatic carbocycles. The molecule has 3 unspecified atom stereocenters. The van der Waals surface area contributed by atoms with Gasteiger partial charge < -0.3 is 15.2 Å². The number of rotatable bonds is 5. The predicted octanol–water partition coefficient (Wildman–Crippen LogP) is 1.89. The number of nitrogens with one attached hydrogen (secondary N) is 1. The maximum absolute atomic E-state index is 12.7. The van der Waals surface area contributed by atoms with Crippen LogP contribution < -0.4 is 5.32 Å². The second-order valence-electron chi connectivity index (χ2n) is 6.98. The Balaban J connectivity index is 1.78. The second kappa shape index (κ2) is 5.64. The molecule has 0 radical (unpaired) electrons. The number of carboxylic acid groups (broad SMARTS) is 1. The van der Waals surface area contributed by atoms with Crippen molar-refractivity contribution in [3.63, 3.8) is 0 Å². The minimum absolute atomic E-state index is 0.0512. The first-order chi connectivity index (χ1) is 10.9. The summed E-state index contributed by atoms with van der Waals surface area (Å²) in [6, 6.07) is 8.31. The summed E-state index contributed by atoms with van der Waals surface area (Å²) in [5.41, 5.74) is 1.12. The minimum Gasteiger partial charge on any atom is -0.479 e. The van der Waals surface area contributed by atoms with Gasteiger partial charge >= 0.3 is 5.97 Å². The van der Waals surface area contributed by atoms with Crippen LogP contribution in [0.2, 0.25) is 0 Å². The van der Waals surface area contributed by atoms with Gasteiger partial charge in [-0.25, -0.2) is 4.79 Å². The first kappa shape index (κ1) is 16.0. The smallest absolute Gasteiger partial charge is 0.331 e. The molecule has 23 heavy (non-hydrogen) atoms. The molecule has 124 valence electrons. The van der Waals surface area contributed by atoms with Gasteiger partial charge in [0.25, 0.3) is 0 Å². The SMILES string of the molecule is COCC(C)(NC(=O)C1CC12CCCc1ccccc12)C(=O)O. The highest BCUT2D eigenvalue weighted by atomic mass is 16.5. The number of hydrogen-bond acceptors (Lipinski definition) is 3. The Kier molecular flexibility index (Phi) is 3.92. The molecule has 0 bridgehead atoms. The van der Waals surface area contributed by atoms with E-state index in [1.54, 1.807) is 0 Å². The minimum atomic E-state index is -1.39. The number of ether oxygens (including phenoxy) is 1. The Morgan fingerprint density at radius 3 is 2.87 bits per heavy atom. The third-order valence-corrected chi connectivity index (χ3v) is 5.32. The number of aryl methyl sites for hydroxylation is 1. The van der Waals surface area contributed by atoms with Crippen molar-refractivity contribution in [3.8, 4) is 0 Å². The lowest BCUT2D eigenvalue weighted by Crippen LogP contribution is -2.56. The molecule has 1 spiro atoms. The number of aliphatic carboxylic acids is 1. The maximum Gasteiger partial charge on any atom is 0.331 e. The quantitative estimate of drug-likeness (QED) is 0.869. The van der Waals surface area contributed by atoms with Crippen molar-refractivity contribution in [2.75, 3.05) is 13.7 Å². The van der Waals surface area contributed by atoms with Gasteiger partial charge in [0, 0.05) is 18.4 Å². The van der Waals surface area contributed by atoms with E-state index in [1.165, 1.54) is 25.2 Å². The predicted molar refractivity (Wildman–Crippen MR) is 85.2 cm³/mol. The van der Waals surface area contributed by atoms with Crippen molar-refractivity contribution in [2.45, 2.75) is 43.6 Å². The fourth-order valence-electron chi connectivity index (χ4n) is 3.97. The Labute approximate surface area is 136 Å². The summed E-state index contributed by atoms with van der Waals surface area (Å²) in [5, 5.41) is 12.1. The van der Waals surface area contributed by atoms with Crippen molar-refractivity contribution >= 4 is 11.9 Å². The third-order valence-electron chi connectivity index (χ3n) is 5.32. The molecule has 0 heterocycles. The molecule has 2 aliphatic rings. The van der Waals surface area contributed by atoms with Crippen LogP contribution in [0.1, 0.15) is 37.3 Å². The zero-order valence-electron chi connectivity index (χ0n) is 13.6. The van der Waals surface area contributed by atoms with Crippen LogP contribution in [0, 0.1) is 5.92 Å². The van der Waals surface area contributed by atoms with Gasteiger partial charge in [0.05, 0.1) is 6.61 Å². The first-order valence-corrected chi connectivity index (χ1v) is 8.06. The van der Waals surface area contributed by atoms with E-state index in [2.05, 4.69) is 17.4 Å². The summed E-state index contributed by atoms with van der Waals surface area (Å²) < 4.78 is 4.97. The molecule has 1 aromatic rings. The summed E-state index contributed by atoms with van der Waals surface area (Å²) in [6.45, 7) is 1.44. The van der Waals surface area contributed by atoms with Crippen LogP contribution in [0.3, 0.4) is 0 Å². The summed E-state index contributed by atoms with van der Waals surface area (Å²) in [5.74, 6) is -1.39. The highest BCUT2D eigenvalue weighted by molar-refractivity contribution is 5.90. The zero-order chi connectivity index (χ0) is 16.7. The molecule has 0 aromatic heterocycles. The van der Waals surface area contributed by atoms with Crippen LogP contribution in [0.15, 0.2) is 24.3 Å². The Morgan fingerprint density at radius 2 is 2.17 bits per heavy atom. The van der Waals surface area contributed by atoms with E-state index in [0.717, 1.165) is 25.7 Å². The number of benzene rings is 1. The van der Waals surface area contributed by atoms with Gasteiger partial charge in [-0.3, -0.25) is 4.79 Å². The van der Waals surface area contributed by atoms with Crippen LogP contribution in [-0.2, 0) is 26.2 Å². The van der Waals surface area contributed by atoms with E-state index in [1.807, 2.05) is 12.1 Å². The van der Waals surface area contributed by atoms with Crippen LogP contribution in [-0.4, -0.2) is 36.2 Å². The third kappa shape index (κ3) is 2.63. The lowest BCUT2D eigenvalue weighted by Gasteiger charge is -2.28. The Bertz CT molecular complexity index is 644. The van der Waals surface area contributed by atoms with Crippen LogP contribution in [0.4, 0.5) is 0 Å². The average molecular weight is 317 g/mol. The normalized spacial score (nSPS) is 27.8. The highest BCUT2D eigenvalue weighted by Gasteiger charge is 2.60. The van der Waals surface area contributed by atoms with Crippen molar-refractivity contribution in [2.24, 2.45) is 5.92 Å². The van der Waals surface area contributed by atoms with Gasteiger partial charge in [0.1, 0.15) is 0 Å². The molecule has 2 N–H and O–H groups in total. The topological polar surface area (TPSA) is 75.6 Å². The van der Waals surface area contributed by atoms with E-state index in [4.69, 9.17) is 4.74 Å². The lowest BCUT2D eigenvalue weighted by atomic mass is 9.78. The number of methoxy groups -OCH3 is 1. The van der Waals surface area contributed by atoms with E-state index >= 15 is 0 Å². The summed E-state index contributed by atoms with van der Waals surface area (Å²) in [4.78, 5) is 24.1. The number of hydrogen-bond donors (Lipinski definition) is 2. The highest BCUT2D eigenvalue weighted by Crippen LogP contribution is 2.60. The molecule has 5 nitrogen and oxygen atoms in total. The van der Waals surface area contributed by atoms with Crippen molar-refractivity contribution < 1.29 is 19.4 Å². The lowest BCUT2D eigenvalue weighted by molar-refractivity contribution is -0.149. The fraction of sp³-hybridized carbons (Fsp3) is 0.556. The van der Waals surface area contributed by atoms with Gasteiger partial charge in [0.15, 0.2) is 5.54 Å². The summed E-state index contributed by atoms with van der Waals surface area (Å²) in [7, 11) is 1.43. The monoisotopic (exact) mass is 317 g/mol. The number of carboxylic acids is 1. The molecule has 5 heteroatoms. The molecular weight excluding hydrogens is 294 g/mol. The maximum atomic E-state index is 12.7. The van der Waals surface area contributed by atoms with Gasteiger partial charge in [-0.05, 0) is 43.7 Å². The first-order valence-electron chi connectivity index (χ1n) is 8.06. The van der Waals surface area contributed by atoms with Gasteiger partial charge in [-0.1, -0.05) is 24.3 Å². The molecule has 1 amide bonds. The van der Waals surface area contributed by atoms with Gasteiger partial charge in [-0.2, -0.15) is 0 Å². The van der Waals surface area contributed by atoms with E-state index in [0.29, 0.717) is 0 Å². The van der Waals surface area contributed by atoms with Crippen LogP contribution in [0.5, 0.6) is 0 Å². The van der Waals surface area contributed by atoms with E-state index in [-0.39, 0.29) is 23.8 Å². The molecular formula is C18H23NO4. The number of amides is 1. The largest absolute Gasteiger partial charge is 0.479 e. The van der Waals surface area contributed by atoms with Crippen molar-refractivity contribution in [1.29, 1.82) is 0 Å². The summed E-state index contributed by atoms with van der Waals surface area (Å²) >= 11 is 0. The van der Waals surface area contributed by atoms with Crippen molar-refractivity contribution in [3.05, 3.63) is 35.4 Å². The van der Waals surface area contributed by atoms with Crippen LogP contribution in [0.25, 0.3) is 0 Å². The van der Waals surface area contributed by atoms with E-state index in [9.17, 15) is 14.7 Å². The Morgan fingerprint density at radius 1 is 1.43 bits per heavy atom. The molecule has 3 rings (SSSR count). The van der Waals surface area contributed by atoms with Gasteiger partial charge in [-0.15, -0.1) is 0 Å². The van der Waals surface area contributed by atoms with Gasteiger partial charge in [0.2, 0.25) is 5.91 Å². The standard InChI is InChI=1S/C18H23NO4/c1-17(11-23-2,16(21)22)19-15(20)14-10-18(14)9-5-7-12-6-3-4-8-13(12)18/h3-4,6,8,14H,5,7,9-11H2,1-2H3,(H,19,20)(H,21,22). The van der Waals surface area contributed by atoms with Crippen LogP contribution >= 0.6 is 0 Å². The zero-order valence-corrected chi connectivity index (χ0v) is 13.6. The number of carbonyl (C=O) groups excluding carboxylic acids is 1. The van der Waals surface area contributed by atoms with Crippen molar-refractivity contribution in [1.82, 2.24) is 5.32 Å². The molecule has 1 saturated carbocycles. The molecule has 0 aliphatic heterocycles. The Hall–Kier alpha value is -1.88. The molecule has 1 fully saturated rings. The van der Waals surface area contributed by atoms with E-state index < -0.39 is 11.5 Å². The second-order valence-corrected chi connectivity index (χ2v) is 6.98. The average Bonchev–Trinajstić information content (AvgIpc) is 3.23. The number of fused-ring (bicyclic) bond motifs is 2.